The summed E-state index contributed by atoms with van der Waals surface area (Å²) in [7, 11) is -3.18. The summed E-state index contributed by atoms with van der Waals surface area (Å²) < 4.78 is 23.0. The molecule has 4 nitrogen and oxygen atoms in total. The summed E-state index contributed by atoms with van der Waals surface area (Å²) in [5.41, 5.74) is 2.09. The van der Waals surface area contributed by atoms with Crippen LogP contribution in [0.3, 0.4) is 0 Å². The van der Waals surface area contributed by atoms with Gasteiger partial charge in [0.15, 0.2) is 9.84 Å². The Morgan fingerprint density at radius 1 is 1.00 bits per heavy atom. The zero-order valence-electron chi connectivity index (χ0n) is 14.3. The molecule has 0 radical (unpaired) electrons. The lowest BCUT2D eigenvalue weighted by molar-refractivity contribution is 0.129. The largest absolute Gasteiger partial charge is 0.391 e. The lowest BCUT2D eigenvalue weighted by atomic mass is 10.0. The summed E-state index contributed by atoms with van der Waals surface area (Å²) in [5, 5.41) is 13.8. The molecule has 0 aromatic heterocycles. The molecule has 0 aliphatic heterocycles. The lowest BCUT2D eigenvalue weighted by Crippen LogP contribution is -2.39. The van der Waals surface area contributed by atoms with Crippen LogP contribution in [0.4, 0.5) is 0 Å². The summed E-state index contributed by atoms with van der Waals surface area (Å²) in [6.07, 6.45) is 1.30. The molecular formula is C19H25NO3S. The van der Waals surface area contributed by atoms with Gasteiger partial charge in [0.2, 0.25) is 0 Å². The maximum Gasteiger partial charge on any atom is 0.175 e. The smallest absolute Gasteiger partial charge is 0.175 e. The number of aliphatic hydroxyl groups excluding tert-OH is 1. The van der Waals surface area contributed by atoms with Crippen molar-refractivity contribution in [1.29, 1.82) is 0 Å². The Balaban J connectivity index is 1.96. The molecule has 0 aliphatic rings. The minimum Gasteiger partial charge on any atom is -0.391 e. The van der Waals surface area contributed by atoms with Gasteiger partial charge in [-0.25, -0.2) is 8.42 Å². The van der Waals surface area contributed by atoms with Gasteiger partial charge < -0.3 is 10.4 Å². The van der Waals surface area contributed by atoms with Gasteiger partial charge in [-0.3, -0.25) is 0 Å². The average molecular weight is 347 g/mol. The Kier molecular flexibility index (Phi) is 6.15. The molecular weight excluding hydrogens is 322 g/mol. The molecule has 0 aliphatic carbocycles. The maximum absolute atomic E-state index is 11.5. The van der Waals surface area contributed by atoms with E-state index >= 15 is 0 Å². The number of sulfone groups is 1. The topological polar surface area (TPSA) is 66.4 Å². The van der Waals surface area contributed by atoms with Crippen molar-refractivity contribution in [1.82, 2.24) is 5.32 Å². The van der Waals surface area contributed by atoms with Gasteiger partial charge in [-0.15, -0.1) is 0 Å². The van der Waals surface area contributed by atoms with Crippen LogP contribution in [0.2, 0.25) is 0 Å². The average Bonchev–Trinajstić information content (AvgIpc) is 2.55. The Labute approximate surface area is 144 Å². The SMILES string of the molecule is CC(NC(C)C(O)Cc1ccccc1)c1ccc(S(C)(=O)=O)cc1. The highest BCUT2D eigenvalue weighted by Gasteiger charge is 2.18. The lowest BCUT2D eigenvalue weighted by Gasteiger charge is -2.25. The van der Waals surface area contributed by atoms with Gasteiger partial charge in [-0.2, -0.15) is 0 Å². The molecule has 130 valence electrons. The molecule has 0 spiro atoms. The van der Waals surface area contributed by atoms with Crippen molar-refractivity contribution < 1.29 is 13.5 Å². The quantitative estimate of drug-likeness (QED) is 0.808. The van der Waals surface area contributed by atoms with Crippen LogP contribution < -0.4 is 5.32 Å². The van der Waals surface area contributed by atoms with E-state index in [1.807, 2.05) is 56.3 Å². The summed E-state index contributed by atoms with van der Waals surface area (Å²) >= 11 is 0. The van der Waals surface area contributed by atoms with E-state index in [0.29, 0.717) is 11.3 Å². The van der Waals surface area contributed by atoms with Crippen molar-refractivity contribution in [2.24, 2.45) is 0 Å². The molecule has 0 heterocycles. The molecule has 2 aromatic rings. The predicted octanol–water partition coefficient (Wildman–Crippen LogP) is 2.73. The minimum absolute atomic E-state index is 0.0130. The van der Waals surface area contributed by atoms with Gasteiger partial charge in [0.25, 0.3) is 0 Å². The monoisotopic (exact) mass is 347 g/mol. The van der Waals surface area contributed by atoms with Gasteiger partial charge in [0, 0.05) is 18.3 Å². The highest BCUT2D eigenvalue weighted by atomic mass is 32.2. The molecule has 5 heteroatoms. The van der Waals surface area contributed by atoms with Crippen molar-refractivity contribution in [2.75, 3.05) is 6.26 Å². The molecule has 0 amide bonds. The standard InChI is InChI=1S/C19H25NO3S/c1-14(17-9-11-18(12-10-17)24(3,22)23)20-15(2)19(21)13-16-7-5-4-6-8-16/h4-12,14-15,19-21H,13H2,1-3H3. The van der Waals surface area contributed by atoms with Gasteiger partial charge >= 0.3 is 0 Å². The second kappa shape index (κ2) is 7.92. The molecule has 3 unspecified atom stereocenters. The molecule has 2 N–H and O–H groups in total. The van der Waals surface area contributed by atoms with Gasteiger partial charge in [-0.1, -0.05) is 42.5 Å². The van der Waals surface area contributed by atoms with Gasteiger partial charge in [0.05, 0.1) is 11.0 Å². The van der Waals surface area contributed by atoms with Crippen LogP contribution in [0.5, 0.6) is 0 Å². The van der Waals surface area contributed by atoms with Crippen molar-refractivity contribution >= 4 is 9.84 Å². The molecule has 0 saturated carbocycles. The first-order valence-electron chi connectivity index (χ1n) is 8.05. The summed E-state index contributed by atoms with van der Waals surface area (Å²) in [6.45, 7) is 3.95. The third-order valence-electron chi connectivity index (χ3n) is 4.19. The molecule has 0 bridgehead atoms. The van der Waals surface area contributed by atoms with Crippen LogP contribution in [-0.2, 0) is 16.3 Å². The van der Waals surface area contributed by atoms with E-state index in [1.165, 1.54) is 6.26 Å². The number of hydrogen-bond acceptors (Lipinski definition) is 4. The maximum atomic E-state index is 11.5. The Morgan fingerprint density at radius 3 is 2.12 bits per heavy atom. The molecule has 24 heavy (non-hydrogen) atoms. The second-order valence-corrected chi connectivity index (χ2v) is 8.29. The summed E-state index contributed by atoms with van der Waals surface area (Å²) in [4.78, 5) is 0.315. The van der Waals surface area contributed by atoms with E-state index in [-0.39, 0.29) is 12.1 Å². The van der Waals surface area contributed by atoms with Crippen molar-refractivity contribution in [3.63, 3.8) is 0 Å². The van der Waals surface area contributed by atoms with Crippen molar-refractivity contribution in [2.45, 2.75) is 43.4 Å². The normalized spacial score (nSPS) is 15.7. The van der Waals surface area contributed by atoms with Crippen LogP contribution in [-0.4, -0.2) is 31.9 Å². The Morgan fingerprint density at radius 2 is 1.58 bits per heavy atom. The van der Waals surface area contributed by atoms with Crippen molar-refractivity contribution in [3.8, 4) is 0 Å². The van der Waals surface area contributed by atoms with Crippen LogP contribution in [0, 0.1) is 0 Å². The third-order valence-corrected chi connectivity index (χ3v) is 5.31. The van der Waals surface area contributed by atoms with Crippen molar-refractivity contribution in [3.05, 3.63) is 65.7 Å². The number of hydrogen-bond donors (Lipinski definition) is 2. The molecule has 3 atom stereocenters. The molecule has 2 rings (SSSR count). The molecule has 2 aromatic carbocycles. The van der Waals surface area contributed by atoms with Crippen LogP contribution >= 0.6 is 0 Å². The first-order valence-corrected chi connectivity index (χ1v) is 9.94. The summed E-state index contributed by atoms with van der Waals surface area (Å²) in [5.74, 6) is 0. The number of aliphatic hydroxyl groups is 1. The van der Waals surface area contributed by atoms with Crippen LogP contribution in [0.25, 0.3) is 0 Å². The summed E-state index contributed by atoms with van der Waals surface area (Å²) in [6, 6.07) is 16.7. The fraction of sp³-hybridized carbons (Fsp3) is 0.368. The first kappa shape index (κ1) is 18.6. The van der Waals surface area contributed by atoms with Crippen LogP contribution in [0.15, 0.2) is 59.5 Å². The number of rotatable bonds is 7. The zero-order chi connectivity index (χ0) is 17.7. The first-order chi connectivity index (χ1) is 11.3. The predicted molar refractivity (Wildman–Crippen MR) is 96.7 cm³/mol. The highest BCUT2D eigenvalue weighted by molar-refractivity contribution is 7.90. The van der Waals surface area contributed by atoms with E-state index in [4.69, 9.17) is 0 Å². The van der Waals surface area contributed by atoms with Gasteiger partial charge in [0.1, 0.15) is 0 Å². The van der Waals surface area contributed by atoms with E-state index in [1.54, 1.807) is 12.1 Å². The zero-order valence-corrected chi connectivity index (χ0v) is 15.1. The highest BCUT2D eigenvalue weighted by Crippen LogP contribution is 2.17. The number of benzene rings is 2. The van der Waals surface area contributed by atoms with E-state index in [2.05, 4.69) is 5.32 Å². The molecule has 0 fully saturated rings. The molecule has 0 saturated heterocycles. The van der Waals surface area contributed by atoms with E-state index < -0.39 is 15.9 Å². The minimum atomic E-state index is -3.18. The second-order valence-electron chi connectivity index (χ2n) is 6.28. The number of nitrogens with one attached hydrogen (secondary N) is 1. The van der Waals surface area contributed by atoms with Crippen LogP contribution in [0.1, 0.15) is 31.0 Å². The fourth-order valence-corrected chi connectivity index (χ4v) is 3.27. The van der Waals surface area contributed by atoms with Gasteiger partial charge in [-0.05, 0) is 43.5 Å². The van der Waals surface area contributed by atoms with E-state index in [9.17, 15) is 13.5 Å². The third kappa shape index (κ3) is 5.16. The Hall–Kier alpha value is -1.69. The Bertz CT molecular complexity index is 742. The fourth-order valence-electron chi connectivity index (χ4n) is 2.64. The van der Waals surface area contributed by atoms with E-state index in [0.717, 1.165) is 11.1 Å².